The fourth-order valence-electron chi connectivity index (χ4n) is 8.09. The van der Waals surface area contributed by atoms with Crippen molar-refractivity contribution in [3.05, 3.63) is 22.7 Å². The Bertz CT molecular complexity index is 649. The summed E-state index contributed by atoms with van der Waals surface area (Å²) in [5.74, 6) is 2.90. The molecule has 0 unspecified atom stereocenters. The summed E-state index contributed by atoms with van der Waals surface area (Å²) in [5.41, 5.74) is 2.92. The van der Waals surface area contributed by atoms with Gasteiger partial charge in [0.25, 0.3) is 0 Å². The first-order valence-electron chi connectivity index (χ1n) is 10.7. The second-order valence-electron chi connectivity index (χ2n) is 10.3. The number of aliphatic hydroxyl groups excluding tert-OH is 2. The van der Waals surface area contributed by atoms with E-state index in [-0.39, 0.29) is 29.5 Å². The highest BCUT2D eigenvalue weighted by atomic mass is 16.3. The van der Waals surface area contributed by atoms with Crippen LogP contribution < -0.4 is 0 Å². The monoisotopic (exact) mass is 357 g/mol. The molecule has 0 radical (unpaired) electrons. The van der Waals surface area contributed by atoms with Crippen LogP contribution in [0.3, 0.4) is 0 Å². The molecule has 3 heteroatoms. The van der Waals surface area contributed by atoms with Gasteiger partial charge in [-0.05, 0) is 92.8 Å². The first-order valence-corrected chi connectivity index (χ1v) is 10.7. The molecule has 26 heavy (non-hydrogen) atoms. The first kappa shape index (κ1) is 18.5. The van der Waals surface area contributed by atoms with Gasteiger partial charge in [-0.1, -0.05) is 19.4 Å². The number of hydrogen-bond acceptors (Lipinski definition) is 2. The second-order valence-corrected chi connectivity index (χ2v) is 10.3. The molecule has 4 fully saturated rings. The van der Waals surface area contributed by atoms with E-state index in [2.05, 4.69) is 18.7 Å². The predicted octanol–water partition coefficient (Wildman–Crippen LogP) is 4.80. The van der Waals surface area contributed by atoms with E-state index in [1.165, 1.54) is 37.7 Å². The Kier molecular flexibility index (Phi) is 4.52. The predicted molar refractivity (Wildman–Crippen MR) is 103 cm³/mol. The maximum Gasteiger partial charge on any atom is 0.162 e. The van der Waals surface area contributed by atoms with Gasteiger partial charge >= 0.3 is 0 Å². The Morgan fingerprint density at radius 3 is 2.65 bits per heavy atom. The Morgan fingerprint density at radius 1 is 1.19 bits per heavy atom. The van der Waals surface area contributed by atoms with Crippen molar-refractivity contribution in [2.75, 3.05) is 6.61 Å². The molecular formula is C23H35NO2. The largest absolute Gasteiger partial charge is 0.396 e. The van der Waals surface area contributed by atoms with Crippen molar-refractivity contribution in [3.8, 4) is 0 Å². The van der Waals surface area contributed by atoms with Gasteiger partial charge in [0.2, 0.25) is 0 Å². The van der Waals surface area contributed by atoms with E-state index in [4.69, 9.17) is 6.57 Å². The van der Waals surface area contributed by atoms with E-state index in [9.17, 15) is 10.2 Å². The molecule has 4 rings (SSSR count). The van der Waals surface area contributed by atoms with Crippen LogP contribution in [0.4, 0.5) is 0 Å². The van der Waals surface area contributed by atoms with E-state index in [1.807, 2.05) is 6.92 Å². The van der Waals surface area contributed by atoms with Crippen molar-refractivity contribution < 1.29 is 10.2 Å². The molecule has 144 valence electrons. The number of nitrogens with zero attached hydrogens (tertiary/aromatic N) is 1. The fourth-order valence-corrected chi connectivity index (χ4v) is 8.09. The zero-order chi connectivity index (χ0) is 18.7. The van der Waals surface area contributed by atoms with E-state index in [0.29, 0.717) is 5.92 Å². The van der Waals surface area contributed by atoms with Crippen molar-refractivity contribution in [2.24, 2.45) is 40.4 Å². The Labute approximate surface area is 158 Å². The normalized spacial score (nSPS) is 52.5. The summed E-state index contributed by atoms with van der Waals surface area (Å²) in [6.45, 7) is 14.5. The molecule has 0 heterocycles. The minimum Gasteiger partial charge on any atom is -0.396 e. The molecule has 0 saturated heterocycles. The highest BCUT2D eigenvalue weighted by Crippen LogP contribution is 2.68. The lowest BCUT2D eigenvalue weighted by atomic mass is 9.44. The highest BCUT2D eigenvalue weighted by molar-refractivity contribution is 5.31. The van der Waals surface area contributed by atoms with Gasteiger partial charge in [-0.2, -0.15) is 0 Å². The van der Waals surface area contributed by atoms with Crippen molar-refractivity contribution >= 4 is 0 Å². The Hall–Kier alpha value is -0.850. The third kappa shape index (κ3) is 2.45. The molecule has 0 aromatic heterocycles. The summed E-state index contributed by atoms with van der Waals surface area (Å²) >= 11 is 0. The third-order valence-corrected chi connectivity index (χ3v) is 9.46. The zero-order valence-electron chi connectivity index (χ0n) is 16.7. The van der Waals surface area contributed by atoms with Crippen LogP contribution in [-0.2, 0) is 0 Å². The van der Waals surface area contributed by atoms with Crippen LogP contribution in [0.1, 0.15) is 72.1 Å². The number of hydrogen-bond donors (Lipinski definition) is 2. The van der Waals surface area contributed by atoms with Gasteiger partial charge in [0, 0.05) is 12.5 Å². The lowest BCUT2D eigenvalue weighted by molar-refractivity contribution is -0.140. The Morgan fingerprint density at radius 2 is 1.96 bits per heavy atom. The molecule has 4 aliphatic carbocycles. The summed E-state index contributed by atoms with van der Waals surface area (Å²) in [7, 11) is 0. The maximum absolute atomic E-state index is 10.4. The summed E-state index contributed by atoms with van der Waals surface area (Å²) in [4.78, 5) is 3.79. The topological polar surface area (TPSA) is 44.8 Å². The summed E-state index contributed by atoms with van der Waals surface area (Å²) in [6, 6.07) is 0. The summed E-state index contributed by atoms with van der Waals surface area (Å²) in [5, 5.41) is 20.2. The van der Waals surface area contributed by atoms with E-state index < -0.39 is 0 Å². The van der Waals surface area contributed by atoms with Crippen molar-refractivity contribution in [3.63, 3.8) is 0 Å². The molecule has 4 saturated carbocycles. The lowest BCUT2D eigenvalue weighted by Crippen LogP contribution is -2.55. The minimum absolute atomic E-state index is 0.0618. The van der Waals surface area contributed by atoms with Crippen LogP contribution in [0.2, 0.25) is 0 Å². The molecule has 4 aliphatic rings. The van der Waals surface area contributed by atoms with Gasteiger partial charge in [-0.15, -0.1) is 0 Å². The molecule has 0 aromatic rings. The Balaban J connectivity index is 1.65. The van der Waals surface area contributed by atoms with Crippen LogP contribution in [0, 0.1) is 47.0 Å². The molecule has 0 aliphatic heterocycles. The third-order valence-electron chi connectivity index (χ3n) is 9.46. The van der Waals surface area contributed by atoms with Crippen LogP contribution in [0.25, 0.3) is 4.85 Å². The lowest BCUT2D eigenvalue weighted by Gasteiger charge is -2.61. The van der Waals surface area contributed by atoms with E-state index >= 15 is 0 Å². The molecule has 2 N–H and O–H groups in total. The van der Waals surface area contributed by atoms with Crippen LogP contribution >= 0.6 is 0 Å². The minimum atomic E-state index is -0.314. The van der Waals surface area contributed by atoms with Crippen LogP contribution in [0.15, 0.2) is 11.3 Å². The number of aliphatic hydroxyl groups is 2. The van der Waals surface area contributed by atoms with Crippen molar-refractivity contribution in [2.45, 2.75) is 78.2 Å². The van der Waals surface area contributed by atoms with Gasteiger partial charge in [0.1, 0.15) is 0 Å². The number of rotatable bonds is 1. The van der Waals surface area contributed by atoms with Crippen LogP contribution in [0.5, 0.6) is 0 Å². The number of allylic oxidation sites excluding steroid dienone is 2. The molecule has 0 aromatic carbocycles. The van der Waals surface area contributed by atoms with E-state index in [0.717, 1.165) is 42.7 Å². The van der Waals surface area contributed by atoms with Gasteiger partial charge in [0.05, 0.1) is 12.7 Å². The molecule has 0 spiro atoms. The molecule has 8 atom stereocenters. The smallest absolute Gasteiger partial charge is 0.162 e. The van der Waals surface area contributed by atoms with E-state index in [1.54, 1.807) is 0 Å². The van der Waals surface area contributed by atoms with Gasteiger partial charge in [-0.25, -0.2) is 4.85 Å². The SMILES string of the molecule is [C-]#[N+]/C(C)=C1/CC[C@H]2[C@@H]3CC[C@@H]4C[C@H](O)[C@@H](CO)C[C@]4(C)[C@H]3CC[C@]12C. The molecule has 3 nitrogen and oxygen atoms in total. The fraction of sp³-hybridized carbons (Fsp3) is 0.870. The molecule has 0 amide bonds. The summed E-state index contributed by atoms with van der Waals surface area (Å²) in [6.07, 6.45) is 8.95. The standard InChI is InChI=1S/C23H35NO2/c1-14(24-4)18-7-8-19-17-6-5-16-11-21(26)15(13-25)12-23(16,3)20(17)9-10-22(18,19)2/h15-17,19-21,25-26H,5-13H2,1-3H3/b18-14-/t15-,16-,17+,19+,20+,21+,22-,23+/m1/s1. The van der Waals surface area contributed by atoms with Gasteiger partial charge in [0.15, 0.2) is 5.70 Å². The van der Waals surface area contributed by atoms with Crippen molar-refractivity contribution in [1.82, 2.24) is 0 Å². The molecule has 0 bridgehead atoms. The summed E-state index contributed by atoms with van der Waals surface area (Å²) < 4.78 is 0. The maximum atomic E-state index is 10.4. The first-order chi connectivity index (χ1) is 12.3. The molecular weight excluding hydrogens is 322 g/mol. The second kappa shape index (κ2) is 6.35. The average molecular weight is 358 g/mol. The van der Waals surface area contributed by atoms with Gasteiger partial charge < -0.3 is 10.2 Å². The average Bonchev–Trinajstić information content (AvgIpc) is 2.98. The van der Waals surface area contributed by atoms with Crippen molar-refractivity contribution in [1.29, 1.82) is 0 Å². The quantitative estimate of drug-likeness (QED) is 0.662. The zero-order valence-corrected chi connectivity index (χ0v) is 16.7. The van der Waals surface area contributed by atoms with Crippen LogP contribution in [-0.4, -0.2) is 22.9 Å². The van der Waals surface area contributed by atoms with Gasteiger partial charge in [-0.3, -0.25) is 0 Å². The number of fused-ring (bicyclic) bond motifs is 5. The highest BCUT2D eigenvalue weighted by Gasteiger charge is 2.60.